The highest BCUT2D eigenvalue weighted by molar-refractivity contribution is 7.99. The number of hydrogen-bond donors (Lipinski definition) is 1. The predicted octanol–water partition coefficient (Wildman–Crippen LogP) is 6.18. The van der Waals surface area contributed by atoms with Crippen molar-refractivity contribution in [2.24, 2.45) is 5.92 Å². The molecule has 0 spiro atoms. The van der Waals surface area contributed by atoms with Gasteiger partial charge in [0, 0.05) is 30.1 Å². The van der Waals surface area contributed by atoms with E-state index in [0.717, 1.165) is 55.7 Å². The monoisotopic (exact) mass is 532 g/mol. The molecule has 1 aliphatic rings. The third-order valence-electron chi connectivity index (χ3n) is 7.23. The van der Waals surface area contributed by atoms with E-state index in [2.05, 4.69) is 20.2 Å². The van der Waals surface area contributed by atoms with E-state index in [4.69, 9.17) is 9.15 Å². The van der Waals surface area contributed by atoms with Gasteiger partial charge in [-0.05, 0) is 68.4 Å². The second-order valence-electron chi connectivity index (χ2n) is 9.81. The van der Waals surface area contributed by atoms with Crippen LogP contribution in [0.1, 0.15) is 63.2 Å². The lowest BCUT2D eigenvalue weighted by Gasteiger charge is -2.26. The smallest absolute Gasteiger partial charge is 0.259 e. The molecule has 2 aromatic heterocycles. The molecule has 1 aliphatic carbocycles. The van der Waals surface area contributed by atoms with Crippen LogP contribution >= 0.6 is 11.8 Å². The van der Waals surface area contributed by atoms with Crippen molar-refractivity contribution in [1.82, 2.24) is 20.2 Å². The molecule has 38 heavy (non-hydrogen) atoms. The SMILES string of the molecule is COc1cccc(-c2nnc(C3CCC(CCCC(=O)CCSc4nc5ccccc5c(=O)[nH]4)CC3)o2)c1. The molecule has 0 unspecified atom stereocenters. The number of thioether (sulfide) groups is 1. The van der Waals surface area contributed by atoms with E-state index in [1.165, 1.54) is 11.8 Å². The number of aromatic nitrogens is 4. The number of Topliss-reactive ketones (excluding diaryl/α,β-unsaturated/α-hetero) is 1. The number of aromatic amines is 1. The first-order valence-electron chi connectivity index (χ1n) is 13.2. The molecule has 2 heterocycles. The van der Waals surface area contributed by atoms with Crippen LogP contribution in [-0.2, 0) is 4.79 Å². The van der Waals surface area contributed by atoms with Crippen LogP contribution < -0.4 is 10.3 Å². The van der Waals surface area contributed by atoms with E-state index in [-0.39, 0.29) is 11.3 Å². The van der Waals surface area contributed by atoms with Gasteiger partial charge in [-0.15, -0.1) is 10.2 Å². The highest BCUT2D eigenvalue weighted by atomic mass is 32.2. The number of ketones is 1. The normalized spacial score (nSPS) is 17.5. The van der Waals surface area contributed by atoms with Gasteiger partial charge in [-0.3, -0.25) is 9.59 Å². The summed E-state index contributed by atoms with van der Waals surface area (Å²) in [4.78, 5) is 31.9. The van der Waals surface area contributed by atoms with Crippen LogP contribution in [0, 0.1) is 5.92 Å². The summed E-state index contributed by atoms with van der Waals surface area (Å²) in [6.45, 7) is 0. The topological polar surface area (TPSA) is 111 Å². The number of methoxy groups -OCH3 is 1. The molecule has 1 N–H and O–H groups in total. The number of para-hydroxylation sites is 1. The van der Waals surface area contributed by atoms with Crippen molar-refractivity contribution >= 4 is 28.4 Å². The number of ether oxygens (including phenoxy) is 1. The molecule has 4 aromatic rings. The first kappa shape index (κ1) is 26.2. The van der Waals surface area contributed by atoms with E-state index in [0.29, 0.717) is 52.4 Å². The third-order valence-corrected chi connectivity index (χ3v) is 8.11. The van der Waals surface area contributed by atoms with E-state index in [9.17, 15) is 9.59 Å². The van der Waals surface area contributed by atoms with Crippen LogP contribution in [0.5, 0.6) is 5.75 Å². The molecule has 0 bridgehead atoms. The fourth-order valence-electron chi connectivity index (χ4n) is 5.08. The number of benzene rings is 2. The minimum atomic E-state index is -0.143. The van der Waals surface area contributed by atoms with E-state index in [1.54, 1.807) is 13.2 Å². The van der Waals surface area contributed by atoms with Gasteiger partial charge < -0.3 is 14.1 Å². The quantitative estimate of drug-likeness (QED) is 0.180. The predicted molar refractivity (Wildman–Crippen MR) is 148 cm³/mol. The van der Waals surface area contributed by atoms with Gasteiger partial charge in [-0.1, -0.05) is 36.4 Å². The van der Waals surface area contributed by atoms with E-state index < -0.39 is 0 Å². The Bertz CT molecular complexity index is 1440. The van der Waals surface area contributed by atoms with Crippen LogP contribution in [-0.4, -0.2) is 38.8 Å². The second-order valence-corrected chi connectivity index (χ2v) is 10.9. The molecule has 1 saturated carbocycles. The fraction of sp³-hybridized carbons (Fsp3) is 0.414. The molecule has 0 radical (unpaired) electrons. The average Bonchev–Trinajstić information content (AvgIpc) is 3.44. The number of rotatable bonds is 11. The van der Waals surface area contributed by atoms with Gasteiger partial charge in [-0.25, -0.2) is 4.98 Å². The Morgan fingerprint density at radius 3 is 2.76 bits per heavy atom. The van der Waals surface area contributed by atoms with Gasteiger partial charge in [0.1, 0.15) is 11.5 Å². The first-order valence-corrected chi connectivity index (χ1v) is 14.2. The van der Waals surface area contributed by atoms with Crippen LogP contribution in [0.2, 0.25) is 0 Å². The summed E-state index contributed by atoms with van der Waals surface area (Å²) in [5.74, 6) is 3.83. The Kier molecular flexibility index (Phi) is 8.53. The lowest BCUT2D eigenvalue weighted by molar-refractivity contribution is -0.118. The molecule has 5 rings (SSSR count). The van der Waals surface area contributed by atoms with Crippen LogP contribution in [0.25, 0.3) is 22.4 Å². The molecule has 198 valence electrons. The van der Waals surface area contributed by atoms with Crippen molar-refractivity contribution in [3.8, 4) is 17.2 Å². The summed E-state index contributed by atoms with van der Waals surface area (Å²) in [6.07, 6.45) is 7.39. The molecule has 8 nitrogen and oxygen atoms in total. The van der Waals surface area contributed by atoms with Crippen LogP contribution in [0.15, 0.2) is 62.9 Å². The summed E-state index contributed by atoms with van der Waals surface area (Å²) in [5.41, 5.74) is 1.40. The van der Waals surface area contributed by atoms with Crippen molar-refractivity contribution in [1.29, 1.82) is 0 Å². The number of fused-ring (bicyclic) bond motifs is 1. The van der Waals surface area contributed by atoms with Crippen molar-refractivity contribution < 1.29 is 13.9 Å². The third kappa shape index (κ3) is 6.51. The maximum Gasteiger partial charge on any atom is 0.259 e. The van der Waals surface area contributed by atoms with Gasteiger partial charge in [0.2, 0.25) is 11.8 Å². The largest absolute Gasteiger partial charge is 0.497 e. The fourth-order valence-corrected chi connectivity index (χ4v) is 5.93. The lowest BCUT2D eigenvalue weighted by Crippen LogP contribution is -2.14. The highest BCUT2D eigenvalue weighted by Crippen LogP contribution is 2.38. The van der Waals surface area contributed by atoms with Gasteiger partial charge in [-0.2, -0.15) is 0 Å². The van der Waals surface area contributed by atoms with Crippen molar-refractivity contribution in [2.45, 2.75) is 62.4 Å². The summed E-state index contributed by atoms with van der Waals surface area (Å²) in [7, 11) is 1.64. The van der Waals surface area contributed by atoms with E-state index in [1.807, 2.05) is 42.5 Å². The number of nitrogens with zero attached hydrogens (tertiary/aromatic N) is 3. The number of carbonyl (C=O) groups excluding carboxylic acids is 1. The standard InChI is InChI=1S/C29H32N4O4S/c1-36-23-9-5-7-21(18-23)28-33-32-27(37-28)20-14-12-19(13-15-20)6-4-8-22(34)16-17-38-29-30-25-11-3-2-10-24(25)26(35)31-29/h2-3,5,7,9-11,18-20H,4,6,8,12-17H2,1H3,(H,30,31,35). The number of carbonyl (C=O) groups is 1. The zero-order chi connectivity index (χ0) is 26.3. The zero-order valence-electron chi connectivity index (χ0n) is 21.5. The maximum atomic E-state index is 12.4. The van der Waals surface area contributed by atoms with Gasteiger partial charge in [0.05, 0.1) is 18.0 Å². The van der Waals surface area contributed by atoms with E-state index >= 15 is 0 Å². The highest BCUT2D eigenvalue weighted by Gasteiger charge is 2.26. The average molecular weight is 533 g/mol. The van der Waals surface area contributed by atoms with Crippen LogP contribution in [0.4, 0.5) is 0 Å². The minimum Gasteiger partial charge on any atom is -0.497 e. The number of nitrogens with one attached hydrogen (secondary N) is 1. The number of H-pyrrole nitrogens is 1. The Balaban J connectivity index is 1.01. The molecular formula is C29H32N4O4S. The van der Waals surface area contributed by atoms with Gasteiger partial charge in [0.25, 0.3) is 5.56 Å². The van der Waals surface area contributed by atoms with Gasteiger partial charge in [0.15, 0.2) is 5.16 Å². The minimum absolute atomic E-state index is 0.143. The Morgan fingerprint density at radius 1 is 1.08 bits per heavy atom. The molecule has 0 atom stereocenters. The van der Waals surface area contributed by atoms with Crippen LogP contribution in [0.3, 0.4) is 0 Å². The molecule has 2 aromatic carbocycles. The molecule has 0 aliphatic heterocycles. The maximum absolute atomic E-state index is 12.4. The van der Waals surface area contributed by atoms with Crippen molar-refractivity contribution in [3.05, 3.63) is 64.8 Å². The Labute approximate surface area is 225 Å². The Morgan fingerprint density at radius 2 is 1.92 bits per heavy atom. The molecule has 1 fully saturated rings. The lowest BCUT2D eigenvalue weighted by atomic mass is 9.79. The summed E-state index contributed by atoms with van der Waals surface area (Å²) in [5, 5.41) is 9.72. The molecule has 0 saturated heterocycles. The zero-order valence-corrected chi connectivity index (χ0v) is 22.3. The number of hydrogen-bond acceptors (Lipinski definition) is 8. The molecule has 9 heteroatoms. The molecule has 0 amide bonds. The summed E-state index contributed by atoms with van der Waals surface area (Å²) < 4.78 is 11.3. The van der Waals surface area contributed by atoms with Gasteiger partial charge >= 0.3 is 0 Å². The van der Waals surface area contributed by atoms with Crippen molar-refractivity contribution in [2.75, 3.05) is 12.9 Å². The summed E-state index contributed by atoms with van der Waals surface area (Å²) in [6, 6.07) is 14.9. The Hall–Kier alpha value is -3.46. The summed E-state index contributed by atoms with van der Waals surface area (Å²) >= 11 is 1.43. The second kappa shape index (κ2) is 12.4. The van der Waals surface area contributed by atoms with Crippen molar-refractivity contribution in [3.63, 3.8) is 0 Å². The first-order chi connectivity index (χ1) is 18.6. The molecular weight excluding hydrogens is 500 g/mol.